The van der Waals surface area contributed by atoms with E-state index in [9.17, 15) is 23.1 Å². The quantitative estimate of drug-likeness (QED) is 0.343. The van der Waals surface area contributed by atoms with Gasteiger partial charge in [0, 0.05) is 42.4 Å². The summed E-state index contributed by atoms with van der Waals surface area (Å²) >= 11 is 0. The third kappa shape index (κ3) is 8.37. The Balaban J connectivity index is 1.49. The number of hydrogen-bond donors (Lipinski definition) is 3. The summed E-state index contributed by atoms with van der Waals surface area (Å²) in [6.07, 6.45) is -2.76. The molecule has 0 saturated carbocycles. The maximum Gasteiger partial charge on any atom is 0.406 e. The van der Waals surface area contributed by atoms with Crippen molar-refractivity contribution in [3.05, 3.63) is 47.7 Å². The van der Waals surface area contributed by atoms with Crippen LogP contribution in [-0.4, -0.2) is 99.6 Å². The number of fused-ring (bicyclic) bond motifs is 4. The van der Waals surface area contributed by atoms with Crippen LogP contribution >= 0.6 is 0 Å². The number of methoxy groups -OCH3 is 1. The van der Waals surface area contributed by atoms with E-state index in [0.717, 1.165) is 31.6 Å². The standard InChI is InChI=1S/C33H39F3N4O6/c1-39-11-8-26-22(20-39)9-12-44-13-14-45-15-16-46-30-19-28(31(43-2)18-25(30)32(41)42)37-10-4-5-23-17-24-27(38-26)6-3-7-29(24)40(23)21-33(34,35)36/h3,6-7,17-19,22,26,37-38H,8-16,20-21H2,1-2H3,(H,41,42). The van der Waals surface area contributed by atoms with E-state index in [2.05, 4.69) is 34.4 Å². The summed E-state index contributed by atoms with van der Waals surface area (Å²) in [4.78, 5) is 14.2. The number of carbonyl (C=O) groups is 1. The number of aromatic nitrogens is 1. The van der Waals surface area contributed by atoms with Gasteiger partial charge in [-0.05, 0) is 56.5 Å². The second-order valence-corrected chi connectivity index (χ2v) is 11.4. The minimum Gasteiger partial charge on any atom is -0.495 e. The van der Waals surface area contributed by atoms with Gasteiger partial charge in [0.15, 0.2) is 0 Å². The van der Waals surface area contributed by atoms with Crippen molar-refractivity contribution in [3.63, 3.8) is 0 Å². The average molecular weight is 645 g/mol. The third-order valence-corrected chi connectivity index (χ3v) is 8.17. The van der Waals surface area contributed by atoms with Crippen LogP contribution < -0.4 is 20.1 Å². The molecule has 0 aliphatic carbocycles. The molecule has 2 aliphatic rings. The first-order valence-corrected chi connectivity index (χ1v) is 15.2. The molecule has 2 unspecified atom stereocenters. The number of halogens is 3. The zero-order chi connectivity index (χ0) is 32.7. The van der Waals surface area contributed by atoms with Crippen LogP contribution in [-0.2, 0) is 16.0 Å². The number of aromatic carboxylic acids is 1. The maximum absolute atomic E-state index is 13.8. The summed E-state index contributed by atoms with van der Waals surface area (Å²) in [7, 11) is 3.49. The van der Waals surface area contributed by atoms with Crippen molar-refractivity contribution >= 4 is 28.2 Å². The van der Waals surface area contributed by atoms with Crippen molar-refractivity contribution < 1.29 is 42.0 Å². The van der Waals surface area contributed by atoms with Crippen molar-refractivity contribution in [2.24, 2.45) is 5.92 Å². The summed E-state index contributed by atoms with van der Waals surface area (Å²) in [6.45, 7) is 2.26. The number of hydrogen-bond acceptors (Lipinski definition) is 8. The van der Waals surface area contributed by atoms with E-state index < -0.39 is 18.7 Å². The van der Waals surface area contributed by atoms with Crippen molar-refractivity contribution in [3.8, 4) is 23.3 Å². The van der Waals surface area contributed by atoms with Crippen LogP contribution in [0.5, 0.6) is 11.5 Å². The van der Waals surface area contributed by atoms with Crippen molar-refractivity contribution in [1.82, 2.24) is 9.47 Å². The Morgan fingerprint density at radius 3 is 2.63 bits per heavy atom. The smallest absolute Gasteiger partial charge is 0.406 e. The molecule has 3 heterocycles. The molecule has 1 saturated heterocycles. The molecule has 2 aliphatic heterocycles. The van der Waals surface area contributed by atoms with Crippen LogP contribution in [0.25, 0.3) is 10.9 Å². The Kier molecular flexibility index (Phi) is 10.8. The maximum atomic E-state index is 13.8. The molecule has 46 heavy (non-hydrogen) atoms. The van der Waals surface area contributed by atoms with Crippen LogP contribution in [0.4, 0.5) is 24.5 Å². The number of ether oxygens (including phenoxy) is 4. The molecule has 5 rings (SSSR count). The van der Waals surface area contributed by atoms with Gasteiger partial charge >= 0.3 is 12.1 Å². The summed E-state index contributed by atoms with van der Waals surface area (Å²) in [5.74, 6) is 5.27. The van der Waals surface area contributed by atoms with E-state index >= 15 is 0 Å². The first kappa shape index (κ1) is 33.2. The van der Waals surface area contributed by atoms with Gasteiger partial charge in [0.25, 0.3) is 0 Å². The monoisotopic (exact) mass is 644 g/mol. The van der Waals surface area contributed by atoms with Crippen LogP contribution in [0, 0.1) is 17.8 Å². The number of anilines is 2. The highest BCUT2D eigenvalue weighted by atomic mass is 19.4. The third-order valence-electron chi connectivity index (χ3n) is 8.17. The predicted molar refractivity (Wildman–Crippen MR) is 168 cm³/mol. The van der Waals surface area contributed by atoms with Gasteiger partial charge in [-0.15, -0.1) is 0 Å². The number of piperidine rings is 1. The SMILES string of the molecule is COc1cc(C(=O)O)c2cc1NCC#Cc1cc3c(cccc3n1CC(F)(F)F)NC1CCN(C)CC1CCOCCOCCO2. The van der Waals surface area contributed by atoms with E-state index in [1.165, 1.54) is 23.8 Å². The fourth-order valence-electron chi connectivity index (χ4n) is 5.95. The lowest BCUT2D eigenvalue weighted by Gasteiger charge is -2.38. The second kappa shape index (κ2) is 15.0. The number of carboxylic acids is 1. The molecule has 3 N–H and O–H groups in total. The van der Waals surface area contributed by atoms with E-state index in [1.54, 1.807) is 18.2 Å². The highest BCUT2D eigenvalue weighted by molar-refractivity contribution is 5.94. The number of likely N-dealkylation sites (tertiary alicyclic amines) is 1. The van der Waals surface area contributed by atoms with Crippen molar-refractivity contribution in [2.75, 3.05) is 77.5 Å². The molecule has 248 valence electrons. The summed E-state index contributed by atoms with van der Waals surface area (Å²) in [5.41, 5.74) is 1.76. The largest absolute Gasteiger partial charge is 0.495 e. The highest BCUT2D eigenvalue weighted by Crippen LogP contribution is 2.34. The van der Waals surface area contributed by atoms with Gasteiger partial charge in [-0.3, -0.25) is 0 Å². The Morgan fingerprint density at radius 1 is 1.09 bits per heavy atom. The van der Waals surface area contributed by atoms with Crippen LogP contribution in [0.2, 0.25) is 0 Å². The van der Waals surface area contributed by atoms with Crippen molar-refractivity contribution in [2.45, 2.75) is 31.6 Å². The second-order valence-electron chi connectivity index (χ2n) is 11.4. The van der Waals surface area contributed by atoms with Gasteiger partial charge in [-0.1, -0.05) is 12.0 Å². The molecule has 2 atom stereocenters. The topological polar surface area (TPSA) is 106 Å². The lowest BCUT2D eigenvalue weighted by Crippen LogP contribution is -2.45. The van der Waals surface area contributed by atoms with E-state index in [1.807, 2.05) is 6.07 Å². The number of alkyl halides is 3. The predicted octanol–water partition coefficient (Wildman–Crippen LogP) is 4.92. The minimum atomic E-state index is -4.45. The van der Waals surface area contributed by atoms with Gasteiger partial charge in [0.05, 0.1) is 50.4 Å². The van der Waals surface area contributed by atoms with Crippen LogP contribution in [0.3, 0.4) is 0 Å². The first-order valence-electron chi connectivity index (χ1n) is 15.2. The number of benzene rings is 2. The summed E-state index contributed by atoms with van der Waals surface area (Å²) in [5, 5.41) is 17.1. The number of nitrogens with one attached hydrogen (secondary N) is 2. The molecule has 3 aromatic rings. The Bertz CT molecular complexity index is 1580. The van der Waals surface area contributed by atoms with Gasteiger partial charge < -0.3 is 44.2 Å². The Hall–Kier alpha value is -4.12. The van der Waals surface area contributed by atoms with E-state index in [4.69, 9.17) is 18.9 Å². The summed E-state index contributed by atoms with van der Waals surface area (Å²) in [6, 6.07) is 10.00. The minimum absolute atomic E-state index is 0.0429. The fraction of sp³-hybridized carbons (Fsp3) is 0.485. The molecule has 0 spiro atoms. The molecule has 13 heteroatoms. The number of rotatable bonds is 3. The van der Waals surface area contributed by atoms with Crippen LogP contribution in [0.1, 0.15) is 28.9 Å². The van der Waals surface area contributed by atoms with E-state index in [-0.39, 0.29) is 54.5 Å². The Labute approximate surface area is 265 Å². The van der Waals surface area contributed by atoms with Gasteiger partial charge in [0.2, 0.25) is 0 Å². The highest BCUT2D eigenvalue weighted by Gasteiger charge is 2.31. The van der Waals surface area contributed by atoms with Gasteiger partial charge in [0.1, 0.15) is 30.2 Å². The fourth-order valence-corrected chi connectivity index (χ4v) is 5.95. The molecule has 0 amide bonds. The molecule has 10 nitrogen and oxygen atoms in total. The molecular weight excluding hydrogens is 605 g/mol. The van der Waals surface area contributed by atoms with E-state index in [0.29, 0.717) is 36.4 Å². The molecule has 1 fully saturated rings. The van der Waals surface area contributed by atoms with Gasteiger partial charge in [-0.2, -0.15) is 13.2 Å². The van der Waals surface area contributed by atoms with Gasteiger partial charge in [-0.25, -0.2) is 4.79 Å². The zero-order valence-corrected chi connectivity index (χ0v) is 25.9. The lowest BCUT2D eigenvalue weighted by atomic mass is 9.89. The zero-order valence-electron chi connectivity index (χ0n) is 25.9. The lowest BCUT2D eigenvalue weighted by molar-refractivity contribution is -0.140. The number of nitrogens with zero attached hydrogens (tertiary/aromatic N) is 2. The molecule has 0 radical (unpaired) electrons. The molecule has 4 bridgehead atoms. The average Bonchev–Trinajstić information content (AvgIpc) is 3.35. The van der Waals surface area contributed by atoms with Crippen molar-refractivity contribution in [1.29, 1.82) is 0 Å². The normalized spacial score (nSPS) is 20.4. The first-order chi connectivity index (χ1) is 22.1. The molecular formula is C33H39F3N4O6. The Morgan fingerprint density at radius 2 is 1.87 bits per heavy atom. The molecule has 2 aromatic carbocycles. The summed E-state index contributed by atoms with van der Waals surface area (Å²) < 4.78 is 65.1. The number of carboxylic acid groups (broad SMARTS) is 1. The van der Waals surface area contributed by atoms with Crippen LogP contribution in [0.15, 0.2) is 36.4 Å². The molecule has 1 aromatic heterocycles.